The van der Waals surface area contributed by atoms with Crippen LogP contribution in [0.25, 0.3) is 10.9 Å². The number of pyridine rings is 1. The number of fused-ring (bicyclic) bond motifs is 1. The lowest BCUT2D eigenvalue weighted by Crippen LogP contribution is -2.45. The molecule has 1 amide bonds. The van der Waals surface area contributed by atoms with Crippen LogP contribution >= 0.6 is 0 Å². The Hall–Kier alpha value is -3.40. The Morgan fingerprint density at radius 1 is 1.15 bits per heavy atom. The van der Waals surface area contributed by atoms with Gasteiger partial charge in [0.2, 0.25) is 5.95 Å². The monoisotopic (exact) mass is 467 g/mol. The van der Waals surface area contributed by atoms with Crippen molar-refractivity contribution in [1.82, 2.24) is 25.2 Å². The number of carbonyl (C=O) groups excluding carboxylic acids is 1. The van der Waals surface area contributed by atoms with Crippen LogP contribution in [-0.4, -0.2) is 57.4 Å². The average molecular weight is 468 g/mol. The number of nitrogens with two attached hydrogens (primary N) is 1. The van der Waals surface area contributed by atoms with Crippen molar-refractivity contribution >= 4 is 28.6 Å². The standard InChI is InChI=1S/C24H27F2N7O/c25-24(26)8-10-33(11-9-24)20(15-12-29-23(27)30-13-15)14-28-22(34)18-2-1-3-19-17(18)6-7-21(32-19)31-16-4-5-16/h1-3,6-7,12-13,16,20H,4-5,8-11,14H2,(H,28,34)(H,31,32)(H2,27,29,30). The fourth-order valence-electron chi connectivity index (χ4n) is 4.30. The maximum absolute atomic E-state index is 13.7. The van der Waals surface area contributed by atoms with Gasteiger partial charge in [-0.05, 0) is 37.1 Å². The van der Waals surface area contributed by atoms with Crippen LogP contribution in [0.4, 0.5) is 20.5 Å². The number of halogens is 2. The van der Waals surface area contributed by atoms with Gasteiger partial charge in [-0.1, -0.05) is 6.07 Å². The van der Waals surface area contributed by atoms with E-state index in [2.05, 4.69) is 25.6 Å². The number of likely N-dealkylation sites (tertiary alicyclic amines) is 1. The zero-order valence-electron chi connectivity index (χ0n) is 18.7. The Morgan fingerprint density at radius 3 is 2.59 bits per heavy atom. The summed E-state index contributed by atoms with van der Waals surface area (Å²) in [5.41, 5.74) is 7.59. The molecular weight excluding hydrogens is 440 g/mol. The van der Waals surface area contributed by atoms with Crippen molar-refractivity contribution in [2.24, 2.45) is 0 Å². The van der Waals surface area contributed by atoms with Gasteiger partial charge < -0.3 is 16.4 Å². The first-order valence-corrected chi connectivity index (χ1v) is 11.5. The number of aromatic nitrogens is 3. The zero-order chi connectivity index (χ0) is 23.7. The summed E-state index contributed by atoms with van der Waals surface area (Å²) >= 11 is 0. The third-order valence-electron chi connectivity index (χ3n) is 6.41. The molecule has 1 saturated carbocycles. The minimum Gasteiger partial charge on any atom is -0.368 e. The number of alkyl halides is 2. The number of nitrogens with zero attached hydrogens (tertiary/aromatic N) is 4. The van der Waals surface area contributed by atoms with Crippen molar-refractivity contribution in [3.8, 4) is 0 Å². The molecule has 1 aliphatic heterocycles. The lowest BCUT2D eigenvalue weighted by atomic mass is 10.0. The highest BCUT2D eigenvalue weighted by Gasteiger charge is 2.37. The van der Waals surface area contributed by atoms with E-state index in [9.17, 15) is 13.6 Å². The Bertz CT molecular complexity index is 1170. The number of hydrogen-bond donors (Lipinski definition) is 3. The number of nitrogen functional groups attached to an aromatic ring is 1. The van der Waals surface area contributed by atoms with Crippen LogP contribution in [0.5, 0.6) is 0 Å². The highest BCUT2D eigenvalue weighted by Crippen LogP contribution is 2.32. The molecule has 3 heterocycles. The number of rotatable bonds is 7. The first kappa shape index (κ1) is 22.4. The molecule has 1 aliphatic carbocycles. The lowest BCUT2D eigenvalue weighted by Gasteiger charge is -2.37. The Morgan fingerprint density at radius 2 is 1.88 bits per heavy atom. The van der Waals surface area contributed by atoms with Crippen LogP contribution in [0.3, 0.4) is 0 Å². The molecule has 5 rings (SSSR count). The number of anilines is 2. The number of benzene rings is 1. The number of carbonyl (C=O) groups is 1. The molecule has 2 fully saturated rings. The summed E-state index contributed by atoms with van der Waals surface area (Å²) in [6.07, 6.45) is 5.03. The van der Waals surface area contributed by atoms with Gasteiger partial charge in [-0.3, -0.25) is 9.69 Å². The van der Waals surface area contributed by atoms with Crippen LogP contribution in [0.15, 0.2) is 42.7 Å². The molecule has 0 spiro atoms. The summed E-state index contributed by atoms with van der Waals surface area (Å²) in [5, 5.41) is 7.11. The second-order valence-electron chi connectivity index (χ2n) is 8.98. The van der Waals surface area contributed by atoms with E-state index in [0.29, 0.717) is 11.6 Å². The summed E-state index contributed by atoms with van der Waals surface area (Å²) in [6.45, 7) is 0.655. The first-order chi connectivity index (χ1) is 16.4. The fraction of sp³-hybridized carbons (Fsp3) is 0.417. The van der Waals surface area contributed by atoms with Gasteiger partial charge >= 0.3 is 0 Å². The van der Waals surface area contributed by atoms with Crippen molar-refractivity contribution in [3.63, 3.8) is 0 Å². The molecule has 178 valence electrons. The minimum atomic E-state index is -2.66. The molecule has 1 saturated heterocycles. The third kappa shape index (κ3) is 5.06. The van der Waals surface area contributed by atoms with Crippen LogP contribution in [0.2, 0.25) is 0 Å². The SMILES string of the molecule is Nc1ncc(C(CNC(=O)c2cccc3nc(NC4CC4)ccc23)N2CCC(F)(F)CC2)cn1. The van der Waals surface area contributed by atoms with Gasteiger partial charge in [0, 0.05) is 67.4 Å². The number of nitrogens with one attached hydrogen (secondary N) is 2. The van der Waals surface area contributed by atoms with E-state index in [1.54, 1.807) is 18.5 Å². The minimum absolute atomic E-state index is 0.135. The predicted molar refractivity (Wildman–Crippen MR) is 126 cm³/mol. The Labute approximate surface area is 196 Å². The van der Waals surface area contributed by atoms with E-state index in [-0.39, 0.29) is 50.4 Å². The summed E-state index contributed by atoms with van der Waals surface area (Å²) in [5.74, 6) is -1.97. The first-order valence-electron chi connectivity index (χ1n) is 11.5. The lowest BCUT2D eigenvalue weighted by molar-refractivity contribution is -0.0632. The molecule has 0 bridgehead atoms. The van der Waals surface area contributed by atoms with E-state index in [4.69, 9.17) is 5.73 Å². The third-order valence-corrected chi connectivity index (χ3v) is 6.41. The number of piperidine rings is 1. The molecule has 0 radical (unpaired) electrons. The topological polar surface area (TPSA) is 109 Å². The molecule has 1 aromatic carbocycles. The van der Waals surface area contributed by atoms with Gasteiger partial charge in [0.05, 0.1) is 11.6 Å². The van der Waals surface area contributed by atoms with Gasteiger partial charge in [0.25, 0.3) is 11.8 Å². The molecule has 34 heavy (non-hydrogen) atoms. The molecule has 1 unspecified atom stereocenters. The van der Waals surface area contributed by atoms with E-state index in [1.165, 1.54) is 0 Å². The van der Waals surface area contributed by atoms with Gasteiger partial charge in [-0.15, -0.1) is 0 Å². The van der Waals surface area contributed by atoms with Crippen molar-refractivity contribution in [3.05, 3.63) is 53.9 Å². The van der Waals surface area contributed by atoms with Crippen molar-refractivity contribution in [2.75, 3.05) is 30.7 Å². The van der Waals surface area contributed by atoms with Gasteiger partial charge in [0.15, 0.2) is 0 Å². The number of hydrogen-bond acceptors (Lipinski definition) is 7. The summed E-state index contributed by atoms with van der Waals surface area (Å²) in [7, 11) is 0. The highest BCUT2D eigenvalue weighted by molar-refractivity contribution is 6.06. The normalized spacial score (nSPS) is 19.0. The molecule has 4 N–H and O–H groups in total. The zero-order valence-corrected chi connectivity index (χ0v) is 18.7. The average Bonchev–Trinajstić information content (AvgIpc) is 3.64. The van der Waals surface area contributed by atoms with E-state index >= 15 is 0 Å². The van der Waals surface area contributed by atoms with Gasteiger partial charge in [0.1, 0.15) is 5.82 Å². The van der Waals surface area contributed by atoms with Gasteiger partial charge in [-0.25, -0.2) is 23.7 Å². The second kappa shape index (κ2) is 9.09. The molecule has 8 nitrogen and oxygen atoms in total. The van der Waals surface area contributed by atoms with Crippen molar-refractivity contribution in [2.45, 2.75) is 43.7 Å². The quantitative estimate of drug-likeness (QED) is 0.489. The fourth-order valence-corrected chi connectivity index (χ4v) is 4.30. The van der Waals surface area contributed by atoms with Crippen molar-refractivity contribution in [1.29, 1.82) is 0 Å². The highest BCUT2D eigenvalue weighted by atomic mass is 19.3. The van der Waals surface area contributed by atoms with E-state index in [1.807, 2.05) is 29.2 Å². The molecule has 10 heteroatoms. The number of amides is 1. The maximum Gasteiger partial charge on any atom is 0.252 e. The molecule has 2 aliphatic rings. The summed E-state index contributed by atoms with van der Waals surface area (Å²) in [6, 6.07) is 9.38. The van der Waals surface area contributed by atoms with Crippen LogP contribution in [0, 0.1) is 0 Å². The molecule has 2 aromatic heterocycles. The largest absolute Gasteiger partial charge is 0.368 e. The molecule has 1 atom stereocenters. The smallest absolute Gasteiger partial charge is 0.252 e. The van der Waals surface area contributed by atoms with Crippen LogP contribution in [0.1, 0.15) is 47.6 Å². The summed E-state index contributed by atoms with van der Waals surface area (Å²) < 4.78 is 27.5. The van der Waals surface area contributed by atoms with E-state index in [0.717, 1.165) is 35.1 Å². The van der Waals surface area contributed by atoms with E-state index < -0.39 is 5.92 Å². The van der Waals surface area contributed by atoms with Crippen molar-refractivity contribution < 1.29 is 13.6 Å². The van der Waals surface area contributed by atoms with Gasteiger partial charge in [-0.2, -0.15) is 0 Å². The van der Waals surface area contributed by atoms with Crippen LogP contribution in [-0.2, 0) is 0 Å². The predicted octanol–water partition coefficient (Wildman–Crippen LogP) is 3.38. The Kier molecular flexibility index (Phi) is 5.99. The summed E-state index contributed by atoms with van der Waals surface area (Å²) in [4.78, 5) is 27.8. The molecule has 3 aromatic rings. The maximum atomic E-state index is 13.7. The van der Waals surface area contributed by atoms with Crippen LogP contribution < -0.4 is 16.4 Å². The second-order valence-corrected chi connectivity index (χ2v) is 8.98. The Balaban J connectivity index is 1.33. The molecular formula is C24H27F2N7O.